The summed E-state index contributed by atoms with van der Waals surface area (Å²) in [5, 5.41) is 13.5. The Morgan fingerprint density at radius 1 is 1.40 bits per heavy atom. The SMILES string of the molecule is CCCC[C@@H](CC)C(=O)Nc1sc2c(c1C#N)CC[C@@H](C(C)(C)C)C2. The van der Waals surface area contributed by atoms with Gasteiger partial charge in [-0.2, -0.15) is 5.26 Å². The van der Waals surface area contributed by atoms with Crippen molar-refractivity contribution in [1.29, 1.82) is 5.26 Å². The molecule has 0 saturated carbocycles. The van der Waals surface area contributed by atoms with E-state index in [9.17, 15) is 10.1 Å². The van der Waals surface area contributed by atoms with Crippen LogP contribution in [0.1, 0.15) is 82.7 Å². The average Bonchev–Trinajstić information content (AvgIpc) is 2.90. The van der Waals surface area contributed by atoms with Crippen molar-refractivity contribution >= 4 is 22.2 Å². The highest BCUT2D eigenvalue weighted by molar-refractivity contribution is 7.16. The zero-order valence-electron chi connectivity index (χ0n) is 16.4. The maximum absolute atomic E-state index is 12.6. The number of hydrogen-bond donors (Lipinski definition) is 1. The van der Waals surface area contributed by atoms with Gasteiger partial charge >= 0.3 is 0 Å². The first-order chi connectivity index (χ1) is 11.8. The van der Waals surface area contributed by atoms with E-state index in [0.29, 0.717) is 11.5 Å². The molecule has 1 aliphatic carbocycles. The monoisotopic (exact) mass is 360 g/mol. The number of thiophene rings is 1. The fraction of sp³-hybridized carbons (Fsp3) is 0.714. The van der Waals surface area contributed by atoms with Crippen molar-refractivity contribution in [3.63, 3.8) is 0 Å². The Kier molecular flexibility index (Phi) is 6.68. The predicted octanol–water partition coefficient (Wildman–Crippen LogP) is 5.93. The number of nitrogens with zero attached hydrogens (tertiary/aromatic N) is 1. The second-order valence-electron chi connectivity index (χ2n) is 8.36. The average molecular weight is 361 g/mol. The molecule has 138 valence electrons. The maximum atomic E-state index is 12.6. The number of rotatable bonds is 6. The van der Waals surface area contributed by atoms with Crippen LogP contribution in [0, 0.1) is 28.6 Å². The Morgan fingerprint density at radius 2 is 2.12 bits per heavy atom. The van der Waals surface area contributed by atoms with Crippen LogP contribution in [0.3, 0.4) is 0 Å². The number of unbranched alkanes of at least 4 members (excludes halogenated alkanes) is 1. The summed E-state index contributed by atoms with van der Waals surface area (Å²) in [7, 11) is 0. The standard InChI is InChI=1S/C21H32N2OS/c1-6-8-9-14(7-2)19(24)23-20-17(13-22)16-11-10-15(21(3,4)5)12-18(16)25-20/h14-15H,6-12H2,1-5H3,(H,23,24)/t14-,15-/m1/s1. The molecular formula is C21H32N2OS. The van der Waals surface area contributed by atoms with Crippen molar-refractivity contribution in [2.75, 3.05) is 5.32 Å². The van der Waals surface area contributed by atoms with Crippen LogP contribution in [0.15, 0.2) is 0 Å². The molecule has 0 aliphatic heterocycles. The van der Waals surface area contributed by atoms with Crippen LogP contribution in [0.5, 0.6) is 0 Å². The third-order valence-corrected chi connectivity index (χ3v) is 6.78. The smallest absolute Gasteiger partial charge is 0.228 e. The first-order valence-corrected chi connectivity index (χ1v) is 10.5. The summed E-state index contributed by atoms with van der Waals surface area (Å²) in [5.41, 5.74) is 2.18. The van der Waals surface area contributed by atoms with E-state index in [-0.39, 0.29) is 17.2 Å². The lowest BCUT2D eigenvalue weighted by Gasteiger charge is -2.33. The van der Waals surface area contributed by atoms with Crippen LogP contribution < -0.4 is 5.32 Å². The van der Waals surface area contributed by atoms with Gasteiger partial charge in [-0.05, 0) is 49.0 Å². The molecule has 25 heavy (non-hydrogen) atoms. The van der Waals surface area contributed by atoms with Gasteiger partial charge in [0.05, 0.1) is 5.56 Å². The van der Waals surface area contributed by atoms with Gasteiger partial charge < -0.3 is 5.32 Å². The van der Waals surface area contributed by atoms with E-state index in [4.69, 9.17) is 0 Å². The van der Waals surface area contributed by atoms with Gasteiger partial charge in [0.25, 0.3) is 0 Å². The molecule has 0 bridgehead atoms. The molecule has 2 rings (SSSR count). The van der Waals surface area contributed by atoms with E-state index in [1.807, 2.05) is 0 Å². The largest absolute Gasteiger partial charge is 0.316 e. The topological polar surface area (TPSA) is 52.9 Å². The van der Waals surface area contributed by atoms with Crippen molar-refractivity contribution in [2.45, 2.75) is 79.6 Å². The van der Waals surface area contributed by atoms with Crippen LogP contribution >= 0.6 is 11.3 Å². The first kappa shape index (κ1) is 20.0. The molecule has 0 aromatic carbocycles. The zero-order valence-corrected chi connectivity index (χ0v) is 17.2. The fourth-order valence-corrected chi connectivity index (χ4v) is 5.00. The van der Waals surface area contributed by atoms with Gasteiger partial charge in [0.2, 0.25) is 5.91 Å². The van der Waals surface area contributed by atoms with Crippen LogP contribution in [-0.4, -0.2) is 5.91 Å². The Hall–Kier alpha value is -1.34. The van der Waals surface area contributed by atoms with E-state index < -0.39 is 0 Å². The minimum Gasteiger partial charge on any atom is -0.316 e. The van der Waals surface area contributed by atoms with Crippen molar-refractivity contribution in [2.24, 2.45) is 17.3 Å². The second-order valence-corrected chi connectivity index (χ2v) is 9.47. The van der Waals surface area contributed by atoms with Gasteiger partial charge in [0, 0.05) is 10.8 Å². The lowest BCUT2D eigenvalue weighted by Crippen LogP contribution is -2.26. The first-order valence-electron chi connectivity index (χ1n) is 9.67. The number of hydrogen-bond acceptors (Lipinski definition) is 3. The fourth-order valence-electron chi connectivity index (χ4n) is 3.72. The highest BCUT2D eigenvalue weighted by atomic mass is 32.1. The highest BCUT2D eigenvalue weighted by Crippen LogP contribution is 2.44. The summed E-state index contributed by atoms with van der Waals surface area (Å²) in [6.07, 6.45) is 7.08. The molecule has 0 spiro atoms. The summed E-state index contributed by atoms with van der Waals surface area (Å²) in [6, 6.07) is 2.36. The number of fused-ring (bicyclic) bond motifs is 1. The lowest BCUT2D eigenvalue weighted by molar-refractivity contribution is -0.120. The van der Waals surface area contributed by atoms with Crippen molar-refractivity contribution in [1.82, 2.24) is 0 Å². The van der Waals surface area contributed by atoms with Crippen molar-refractivity contribution in [3.8, 4) is 6.07 Å². The summed E-state index contributed by atoms with van der Waals surface area (Å²) >= 11 is 1.63. The lowest BCUT2D eigenvalue weighted by atomic mass is 9.72. The third-order valence-electron chi connectivity index (χ3n) is 5.61. The molecular weight excluding hydrogens is 328 g/mol. The molecule has 0 radical (unpaired) electrons. The Morgan fingerprint density at radius 3 is 2.68 bits per heavy atom. The molecule has 2 atom stereocenters. The molecule has 1 N–H and O–H groups in total. The normalized spacial score (nSPS) is 18.3. The van der Waals surface area contributed by atoms with Gasteiger partial charge in [0.1, 0.15) is 11.1 Å². The minimum atomic E-state index is 0.0490. The van der Waals surface area contributed by atoms with E-state index in [2.05, 4.69) is 46.0 Å². The molecule has 1 heterocycles. The second kappa shape index (κ2) is 8.36. The van der Waals surface area contributed by atoms with Crippen LogP contribution in [-0.2, 0) is 17.6 Å². The van der Waals surface area contributed by atoms with Gasteiger partial charge in [-0.25, -0.2) is 0 Å². The molecule has 3 nitrogen and oxygen atoms in total. The molecule has 0 saturated heterocycles. The minimum absolute atomic E-state index is 0.0490. The van der Waals surface area contributed by atoms with Crippen LogP contribution in [0.25, 0.3) is 0 Å². The van der Waals surface area contributed by atoms with E-state index in [1.54, 1.807) is 11.3 Å². The van der Waals surface area contributed by atoms with E-state index in [1.165, 1.54) is 10.4 Å². The third kappa shape index (κ3) is 4.64. The molecule has 1 aromatic heterocycles. The predicted molar refractivity (Wildman–Crippen MR) is 106 cm³/mol. The van der Waals surface area contributed by atoms with Crippen LogP contribution in [0.4, 0.5) is 5.00 Å². The van der Waals surface area contributed by atoms with Crippen molar-refractivity contribution in [3.05, 3.63) is 16.0 Å². The molecule has 1 amide bonds. The van der Waals surface area contributed by atoms with Gasteiger partial charge in [0.15, 0.2) is 0 Å². The van der Waals surface area contributed by atoms with Crippen molar-refractivity contribution < 1.29 is 4.79 Å². The number of nitriles is 1. The van der Waals surface area contributed by atoms with Gasteiger partial charge in [-0.3, -0.25) is 4.79 Å². The Balaban J connectivity index is 2.19. The molecule has 0 fully saturated rings. The quantitative estimate of drug-likeness (QED) is 0.684. The van der Waals surface area contributed by atoms with Gasteiger partial charge in [-0.15, -0.1) is 11.3 Å². The summed E-state index contributed by atoms with van der Waals surface area (Å²) in [5.74, 6) is 0.771. The number of carbonyl (C=O) groups is 1. The number of anilines is 1. The number of amides is 1. The van der Waals surface area contributed by atoms with Gasteiger partial charge in [-0.1, -0.05) is 47.5 Å². The summed E-state index contributed by atoms with van der Waals surface area (Å²) in [4.78, 5) is 13.9. The van der Waals surface area contributed by atoms with E-state index >= 15 is 0 Å². The van der Waals surface area contributed by atoms with E-state index in [0.717, 1.165) is 49.9 Å². The Bertz CT molecular complexity index is 648. The van der Waals surface area contributed by atoms with Crippen LogP contribution in [0.2, 0.25) is 0 Å². The molecule has 1 aromatic rings. The molecule has 4 heteroatoms. The molecule has 1 aliphatic rings. The zero-order chi connectivity index (χ0) is 18.6. The Labute approximate surface area is 156 Å². The maximum Gasteiger partial charge on any atom is 0.228 e. The summed E-state index contributed by atoms with van der Waals surface area (Å²) in [6.45, 7) is 11.1. The molecule has 0 unspecified atom stereocenters. The number of carbonyl (C=O) groups excluding carboxylic acids is 1. The highest BCUT2D eigenvalue weighted by Gasteiger charge is 2.32. The summed E-state index contributed by atoms with van der Waals surface area (Å²) < 4.78 is 0. The number of nitrogens with one attached hydrogen (secondary N) is 1.